The summed E-state index contributed by atoms with van der Waals surface area (Å²) >= 11 is 11.8. The van der Waals surface area contributed by atoms with Crippen LogP contribution >= 0.6 is 23.2 Å². The molecule has 18 heavy (non-hydrogen) atoms. The first-order valence-corrected chi connectivity index (χ1v) is 6.50. The molecule has 0 aliphatic rings. The Kier molecular flexibility index (Phi) is 4.28. The SMILES string of the molecule is Cc1cccc(CC(O)c2ccc(Cl)c(Cl)c2)c1. The molecule has 2 aromatic rings. The highest BCUT2D eigenvalue weighted by atomic mass is 35.5. The number of hydrogen-bond donors (Lipinski definition) is 1. The lowest BCUT2D eigenvalue weighted by Crippen LogP contribution is -2.02. The van der Waals surface area contributed by atoms with Gasteiger partial charge < -0.3 is 5.11 Å². The molecule has 0 aliphatic heterocycles. The van der Waals surface area contributed by atoms with Crippen molar-refractivity contribution in [1.29, 1.82) is 0 Å². The van der Waals surface area contributed by atoms with Gasteiger partial charge in [-0.3, -0.25) is 0 Å². The molecule has 0 saturated carbocycles. The number of hydrogen-bond acceptors (Lipinski definition) is 1. The fourth-order valence-corrected chi connectivity index (χ4v) is 2.21. The van der Waals surface area contributed by atoms with Crippen molar-refractivity contribution in [2.45, 2.75) is 19.4 Å². The smallest absolute Gasteiger partial charge is 0.0830 e. The Labute approximate surface area is 117 Å². The third-order valence-corrected chi connectivity index (χ3v) is 3.58. The standard InChI is InChI=1S/C15H14Cl2O/c1-10-3-2-4-11(7-10)8-15(18)12-5-6-13(16)14(17)9-12/h2-7,9,15,18H,8H2,1H3. The van der Waals surface area contributed by atoms with Crippen molar-refractivity contribution in [3.05, 3.63) is 69.2 Å². The van der Waals surface area contributed by atoms with Crippen LogP contribution in [-0.2, 0) is 6.42 Å². The molecule has 0 bridgehead atoms. The second-order valence-corrected chi connectivity index (χ2v) is 5.20. The van der Waals surface area contributed by atoms with Gasteiger partial charge in [0.2, 0.25) is 0 Å². The molecule has 0 spiro atoms. The van der Waals surface area contributed by atoms with Crippen molar-refractivity contribution in [3.63, 3.8) is 0 Å². The third-order valence-electron chi connectivity index (χ3n) is 2.84. The van der Waals surface area contributed by atoms with E-state index in [1.54, 1.807) is 18.2 Å². The van der Waals surface area contributed by atoms with E-state index in [2.05, 4.69) is 6.07 Å². The Morgan fingerprint density at radius 3 is 2.50 bits per heavy atom. The van der Waals surface area contributed by atoms with Gasteiger partial charge in [-0.2, -0.15) is 0 Å². The molecule has 0 amide bonds. The lowest BCUT2D eigenvalue weighted by molar-refractivity contribution is 0.178. The molecule has 1 unspecified atom stereocenters. The summed E-state index contributed by atoms with van der Waals surface area (Å²) in [6, 6.07) is 13.3. The first kappa shape index (κ1) is 13.4. The van der Waals surface area contributed by atoms with Crippen LogP contribution in [0, 0.1) is 6.92 Å². The summed E-state index contributed by atoms with van der Waals surface area (Å²) in [5, 5.41) is 11.2. The second-order valence-electron chi connectivity index (χ2n) is 4.38. The van der Waals surface area contributed by atoms with Crippen LogP contribution in [0.25, 0.3) is 0 Å². The molecule has 94 valence electrons. The van der Waals surface area contributed by atoms with Crippen LogP contribution in [0.4, 0.5) is 0 Å². The van der Waals surface area contributed by atoms with Crippen molar-refractivity contribution >= 4 is 23.2 Å². The van der Waals surface area contributed by atoms with Crippen LogP contribution in [0.3, 0.4) is 0 Å². The summed E-state index contributed by atoms with van der Waals surface area (Å²) in [5.41, 5.74) is 3.08. The maximum Gasteiger partial charge on any atom is 0.0830 e. The normalized spacial score (nSPS) is 12.4. The summed E-state index contributed by atoms with van der Waals surface area (Å²) in [4.78, 5) is 0. The number of rotatable bonds is 3. The predicted octanol–water partition coefficient (Wildman–Crippen LogP) is 4.58. The van der Waals surface area contributed by atoms with Crippen molar-refractivity contribution in [2.24, 2.45) is 0 Å². The molecule has 0 aliphatic carbocycles. The third kappa shape index (κ3) is 3.26. The Hall–Kier alpha value is -1.02. The summed E-state index contributed by atoms with van der Waals surface area (Å²) in [5.74, 6) is 0. The minimum atomic E-state index is -0.568. The molecule has 2 rings (SSSR count). The molecule has 1 nitrogen and oxygen atoms in total. The quantitative estimate of drug-likeness (QED) is 0.873. The van der Waals surface area contributed by atoms with Gasteiger partial charge in [0.15, 0.2) is 0 Å². The van der Waals surface area contributed by atoms with Crippen LogP contribution in [-0.4, -0.2) is 5.11 Å². The molecular formula is C15H14Cl2O. The number of aryl methyl sites for hydroxylation is 1. The highest BCUT2D eigenvalue weighted by Gasteiger charge is 2.10. The van der Waals surface area contributed by atoms with Crippen LogP contribution in [0.15, 0.2) is 42.5 Å². The molecule has 0 aromatic heterocycles. The van der Waals surface area contributed by atoms with E-state index in [1.165, 1.54) is 5.56 Å². The van der Waals surface area contributed by atoms with Crippen LogP contribution in [0.1, 0.15) is 22.8 Å². The number of benzene rings is 2. The average Bonchev–Trinajstić information content (AvgIpc) is 2.32. The fraction of sp³-hybridized carbons (Fsp3) is 0.200. The Morgan fingerprint density at radius 1 is 1.06 bits per heavy atom. The van der Waals surface area contributed by atoms with Crippen LogP contribution in [0.2, 0.25) is 10.0 Å². The van der Waals surface area contributed by atoms with Gasteiger partial charge in [0.1, 0.15) is 0 Å². The second kappa shape index (κ2) is 5.75. The summed E-state index contributed by atoms with van der Waals surface area (Å²) < 4.78 is 0. The van der Waals surface area contributed by atoms with Crippen molar-refractivity contribution in [2.75, 3.05) is 0 Å². The van der Waals surface area contributed by atoms with Gasteiger partial charge >= 0.3 is 0 Å². The average molecular weight is 281 g/mol. The van der Waals surface area contributed by atoms with Crippen molar-refractivity contribution in [3.8, 4) is 0 Å². The number of aliphatic hydroxyl groups is 1. The maximum atomic E-state index is 10.2. The zero-order chi connectivity index (χ0) is 13.1. The van der Waals surface area contributed by atoms with Gasteiger partial charge in [0.05, 0.1) is 16.1 Å². The van der Waals surface area contributed by atoms with E-state index in [0.717, 1.165) is 11.1 Å². The monoisotopic (exact) mass is 280 g/mol. The zero-order valence-electron chi connectivity index (χ0n) is 10.0. The molecule has 0 heterocycles. The lowest BCUT2D eigenvalue weighted by Gasteiger charge is -2.12. The fourth-order valence-electron chi connectivity index (χ4n) is 1.90. The van der Waals surface area contributed by atoms with E-state index in [-0.39, 0.29) is 0 Å². The Balaban J connectivity index is 2.16. The minimum absolute atomic E-state index is 0.470. The molecule has 1 N–H and O–H groups in total. The molecule has 0 fully saturated rings. The van der Waals surface area contributed by atoms with Gasteiger partial charge in [-0.25, -0.2) is 0 Å². The van der Waals surface area contributed by atoms with Gasteiger partial charge in [-0.05, 0) is 30.2 Å². The predicted molar refractivity (Wildman–Crippen MR) is 76.3 cm³/mol. The first-order valence-electron chi connectivity index (χ1n) is 5.75. The highest BCUT2D eigenvalue weighted by molar-refractivity contribution is 6.42. The Morgan fingerprint density at radius 2 is 1.83 bits per heavy atom. The molecule has 1 atom stereocenters. The minimum Gasteiger partial charge on any atom is -0.388 e. The highest BCUT2D eigenvalue weighted by Crippen LogP contribution is 2.27. The lowest BCUT2D eigenvalue weighted by atomic mass is 10.0. The molecule has 2 aromatic carbocycles. The molecule has 0 radical (unpaired) electrons. The largest absolute Gasteiger partial charge is 0.388 e. The molecule has 0 saturated heterocycles. The summed E-state index contributed by atoms with van der Waals surface area (Å²) in [6.07, 6.45) is 0.00109. The van der Waals surface area contributed by atoms with E-state index in [9.17, 15) is 5.11 Å². The Bertz CT molecular complexity index is 552. The van der Waals surface area contributed by atoms with E-state index < -0.39 is 6.10 Å². The first-order chi connectivity index (χ1) is 8.56. The van der Waals surface area contributed by atoms with E-state index in [1.807, 2.05) is 25.1 Å². The van der Waals surface area contributed by atoms with E-state index >= 15 is 0 Å². The van der Waals surface area contributed by atoms with Gasteiger partial charge in [-0.1, -0.05) is 59.1 Å². The number of halogens is 2. The molecular weight excluding hydrogens is 267 g/mol. The van der Waals surface area contributed by atoms with Gasteiger partial charge in [0, 0.05) is 6.42 Å². The topological polar surface area (TPSA) is 20.2 Å². The van der Waals surface area contributed by atoms with Crippen LogP contribution < -0.4 is 0 Å². The van der Waals surface area contributed by atoms with Gasteiger partial charge in [-0.15, -0.1) is 0 Å². The van der Waals surface area contributed by atoms with Crippen molar-refractivity contribution < 1.29 is 5.11 Å². The van der Waals surface area contributed by atoms with E-state index in [4.69, 9.17) is 23.2 Å². The maximum absolute atomic E-state index is 10.2. The van der Waals surface area contributed by atoms with Crippen molar-refractivity contribution in [1.82, 2.24) is 0 Å². The summed E-state index contributed by atoms with van der Waals surface area (Å²) in [7, 11) is 0. The number of aliphatic hydroxyl groups excluding tert-OH is 1. The summed E-state index contributed by atoms with van der Waals surface area (Å²) in [6.45, 7) is 2.04. The zero-order valence-corrected chi connectivity index (χ0v) is 11.5. The molecule has 3 heteroatoms. The van der Waals surface area contributed by atoms with Gasteiger partial charge in [0.25, 0.3) is 0 Å². The van der Waals surface area contributed by atoms with E-state index in [0.29, 0.717) is 16.5 Å². The van der Waals surface area contributed by atoms with Crippen LogP contribution in [0.5, 0.6) is 0 Å².